The monoisotopic (exact) mass is 286 g/mol. The van der Waals surface area contributed by atoms with Crippen molar-refractivity contribution >= 4 is 34.5 Å². The van der Waals surface area contributed by atoms with Gasteiger partial charge in [0.05, 0.1) is 9.36 Å². The molecule has 0 atom stereocenters. The van der Waals surface area contributed by atoms with Crippen LogP contribution in [0, 0.1) is 0 Å². The maximum Gasteiger partial charge on any atom is 0.0931 e. The Morgan fingerprint density at radius 3 is 2.82 bits per heavy atom. The van der Waals surface area contributed by atoms with E-state index in [-0.39, 0.29) is 0 Å². The Labute approximate surface area is 115 Å². The number of pyridine rings is 1. The molecule has 2 rings (SSSR count). The van der Waals surface area contributed by atoms with Gasteiger partial charge in [0.15, 0.2) is 0 Å². The van der Waals surface area contributed by atoms with Crippen LogP contribution in [0.2, 0.25) is 9.36 Å². The molecule has 0 aliphatic carbocycles. The van der Waals surface area contributed by atoms with Crippen LogP contribution in [0.25, 0.3) is 0 Å². The predicted octanol–water partition coefficient (Wildman–Crippen LogP) is 3.78. The second-order valence-corrected chi connectivity index (χ2v) is 5.81. The highest BCUT2D eigenvalue weighted by molar-refractivity contribution is 7.16. The van der Waals surface area contributed by atoms with Gasteiger partial charge in [-0.2, -0.15) is 0 Å². The summed E-state index contributed by atoms with van der Waals surface area (Å²) < 4.78 is 0.845. The topological polar surface area (TPSA) is 24.9 Å². The van der Waals surface area contributed by atoms with E-state index in [0.717, 1.165) is 29.4 Å². The fraction of sp³-hybridized carbons (Fsp3) is 0.250. The van der Waals surface area contributed by atoms with E-state index in [1.165, 1.54) is 4.88 Å². The van der Waals surface area contributed by atoms with Crippen LogP contribution >= 0.6 is 34.5 Å². The Bertz CT molecular complexity index is 485. The molecular formula is C12H12Cl2N2S. The summed E-state index contributed by atoms with van der Waals surface area (Å²) in [5, 5.41) is 4.06. The molecule has 0 amide bonds. The molecule has 0 spiro atoms. The Hall–Kier alpha value is -0.610. The molecule has 0 aromatic carbocycles. The summed E-state index contributed by atoms with van der Waals surface area (Å²) in [6.45, 7) is 1.68. The Kier molecular flexibility index (Phi) is 4.80. The van der Waals surface area contributed by atoms with Gasteiger partial charge >= 0.3 is 0 Å². The van der Waals surface area contributed by atoms with Gasteiger partial charge in [0.2, 0.25) is 0 Å². The summed E-state index contributed by atoms with van der Waals surface area (Å²) in [7, 11) is 0. The second kappa shape index (κ2) is 6.36. The lowest BCUT2D eigenvalue weighted by Gasteiger charge is -2.05. The Morgan fingerprint density at radius 1 is 1.24 bits per heavy atom. The van der Waals surface area contributed by atoms with Crippen LogP contribution < -0.4 is 5.32 Å². The quantitative estimate of drug-likeness (QED) is 0.846. The number of halogens is 2. The van der Waals surface area contributed by atoms with Crippen LogP contribution in [0.15, 0.2) is 30.6 Å². The van der Waals surface area contributed by atoms with Crippen molar-refractivity contribution in [2.45, 2.75) is 13.0 Å². The van der Waals surface area contributed by atoms with Gasteiger partial charge < -0.3 is 5.32 Å². The van der Waals surface area contributed by atoms with Crippen molar-refractivity contribution in [2.24, 2.45) is 0 Å². The van der Waals surface area contributed by atoms with Crippen molar-refractivity contribution in [1.82, 2.24) is 10.3 Å². The zero-order chi connectivity index (χ0) is 12.1. The summed E-state index contributed by atoms with van der Waals surface area (Å²) in [4.78, 5) is 5.25. The van der Waals surface area contributed by atoms with Crippen molar-refractivity contribution in [3.63, 3.8) is 0 Å². The van der Waals surface area contributed by atoms with Crippen LogP contribution in [-0.4, -0.2) is 11.5 Å². The summed E-state index contributed by atoms with van der Waals surface area (Å²) in [6.07, 6.45) is 4.40. The van der Waals surface area contributed by atoms with E-state index in [1.807, 2.05) is 12.1 Å². The molecule has 0 aliphatic rings. The number of rotatable bonds is 5. The molecule has 90 valence electrons. The van der Waals surface area contributed by atoms with E-state index in [2.05, 4.69) is 16.4 Å². The molecule has 2 aromatic heterocycles. The van der Waals surface area contributed by atoms with Gasteiger partial charge in [-0.15, -0.1) is 11.3 Å². The highest BCUT2D eigenvalue weighted by atomic mass is 35.5. The molecular weight excluding hydrogens is 275 g/mol. The Morgan fingerprint density at radius 2 is 2.12 bits per heavy atom. The Balaban J connectivity index is 1.75. The van der Waals surface area contributed by atoms with Crippen molar-refractivity contribution in [3.8, 4) is 0 Å². The van der Waals surface area contributed by atoms with Gasteiger partial charge in [-0.3, -0.25) is 4.98 Å². The predicted molar refractivity (Wildman–Crippen MR) is 74.0 cm³/mol. The molecule has 0 fully saturated rings. The lowest BCUT2D eigenvalue weighted by Crippen LogP contribution is -2.16. The minimum absolute atomic E-state index is 0.708. The second-order valence-electron chi connectivity index (χ2n) is 3.60. The first-order chi connectivity index (χ1) is 8.25. The standard InChI is InChI=1S/C12H12Cl2N2S/c13-11-8-16-5-3-9(11)7-15-6-4-10-1-2-12(14)17-10/h1-3,5,8,15H,4,6-7H2. The van der Waals surface area contributed by atoms with E-state index in [9.17, 15) is 0 Å². The van der Waals surface area contributed by atoms with Gasteiger partial charge in [-0.25, -0.2) is 0 Å². The number of thiophene rings is 1. The summed E-state index contributed by atoms with van der Waals surface area (Å²) in [5.41, 5.74) is 1.07. The number of nitrogens with one attached hydrogen (secondary N) is 1. The van der Waals surface area contributed by atoms with Crippen molar-refractivity contribution in [1.29, 1.82) is 0 Å². The fourth-order valence-electron chi connectivity index (χ4n) is 1.47. The largest absolute Gasteiger partial charge is 0.312 e. The van der Waals surface area contributed by atoms with Gasteiger partial charge in [-0.05, 0) is 30.2 Å². The molecule has 17 heavy (non-hydrogen) atoms. The molecule has 0 saturated heterocycles. The zero-order valence-electron chi connectivity index (χ0n) is 9.12. The lowest BCUT2D eigenvalue weighted by atomic mass is 10.2. The molecule has 0 aliphatic heterocycles. The van der Waals surface area contributed by atoms with Crippen LogP contribution in [0.4, 0.5) is 0 Å². The van der Waals surface area contributed by atoms with Gasteiger partial charge in [0, 0.05) is 30.4 Å². The summed E-state index contributed by atoms with van der Waals surface area (Å²) in [5.74, 6) is 0. The molecule has 2 nitrogen and oxygen atoms in total. The zero-order valence-corrected chi connectivity index (χ0v) is 11.4. The van der Waals surface area contributed by atoms with E-state index >= 15 is 0 Å². The van der Waals surface area contributed by atoms with E-state index in [1.54, 1.807) is 23.7 Å². The van der Waals surface area contributed by atoms with E-state index < -0.39 is 0 Å². The summed E-state index contributed by atoms with van der Waals surface area (Å²) >= 11 is 13.5. The van der Waals surface area contributed by atoms with Crippen LogP contribution in [0.5, 0.6) is 0 Å². The minimum atomic E-state index is 0.708. The number of aromatic nitrogens is 1. The van der Waals surface area contributed by atoms with E-state index in [0.29, 0.717) is 5.02 Å². The van der Waals surface area contributed by atoms with Crippen molar-refractivity contribution < 1.29 is 0 Å². The minimum Gasteiger partial charge on any atom is -0.312 e. The maximum atomic E-state index is 6.01. The molecule has 2 aromatic rings. The first-order valence-corrected chi connectivity index (χ1v) is 6.86. The summed E-state index contributed by atoms with van der Waals surface area (Å²) in [6, 6.07) is 5.92. The van der Waals surface area contributed by atoms with Crippen LogP contribution in [0.1, 0.15) is 10.4 Å². The van der Waals surface area contributed by atoms with Crippen LogP contribution in [-0.2, 0) is 13.0 Å². The lowest BCUT2D eigenvalue weighted by molar-refractivity contribution is 0.690. The average Bonchev–Trinajstić information content (AvgIpc) is 2.73. The highest BCUT2D eigenvalue weighted by Gasteiger charge is 2.00. The first-order valence-electron chi connectivity index (χ1n) is 5.29. The van der Waals surface area contributed by atoms with Gasteiger partial charge in [-0.1, -0.05) is 23.2 Å². The SMILES string of the molecule is Clc1ccc(CCNCc2ccncc2Cl)s1. The third kappa shape index (κ3) is 3.96. The van der Waals surface area contributed by atoms with Crippen molar-refractivity contribution in [3.05, 3.63) is 50.4 Å². The van der Waals surface area contributed by atoms with Crippen LogP contribution in [0.3, 0.4) is 0 Å². The third-order valence-corrected chi connectivity index (χ3v) is 3.98. The number of hydrogen-bond donors (Lipinski definition) is 1. The maximum absolute atomic E-state index is 6.01. The number of hydrogen-bond acceptors (Lipinski definition) is 3. The molecule has 5 heteroatoms. The molecule has 2 heterocycles. The van der Waals surface area contributed by atoms with Gasteiger partial charge in [0.25, 0.3) is 0 Å². The normalized spacial score (nSPS) is 10.7. The highest BCUT2D eigenvalue weighted by Crippen LogP contribution is 2.21. The fourth-order valence-corrected chi connectivity index (χ4v) is 2.74. The molecule has 0 unspecified atom stereocenters. The average molecular weight is 287 g/mol. The van der Waals surface area contributed by atoms with Gasteiger partial charge in [0.1, 0.15) is 0 Å². The van der Waals surface area contributed by atoms with E-state index in [4.69, 9.17) is 23.2 Å². The molecule has 0 saturated carbocycles. The van der Waals surface area contributed by atoms with Crippen molar-refractivity contribution in [2.75, 3.05) is 6.54 Å². The molecule has 0 radical (unpaired) electrons. The number of nitrogens with zero attached hydrogens (tertiary/aromatic N) is 1. The molecule has 0 bridgehead atoms. The third-order valence-electron chi connectivity index (χ3n) is 2.35. The first kappa shape index (κ1) is 12.8. The molecule has 1 N–H and O–H groups in total. The smallest absolute Gasteiger partial charge is 0.0931 e.